The highest BCUT2D eigenvalue weighted by molar-refractivity contribution is 6.31. The molecule has 1 amide bonds. The zero-order valence-electron chi connectivity index (χ0n) is 13.2. The average Bonchev–Trinajstić information content (AvgIpc) is 2.96. The van der Waals surface area contributed by atoms with E-state index in [2.05, 4.69) is 15.0 Å². The van der Waals surface area contributed by atoms with Crippen LogP contribution < -0.4 is 0 Å². The van der Waals surface area contributed by atoms with Gasteiger partial charge in [0.15, 0.2) is 5.82 Å². The smallest absolute Gasteiger partial charge is 0.245 e. The van der Waals surface area contributed by atoms with Crippen molar-refractivity contribution in [1.82, 2.24) is 19.9 Å². The molecule has 1 aromatic carbocycles. The summed E-state index contributed by atoms with van der Waals surface area (Å²) in [5.74, 6) is 1.22. The van der Waals surface area contributed by atoms with Crippen molar-refractivity contribution >= 4 is 17.5 Å². The van der Waals surface area contributed by atoms with Crippen LogP contribution in [-0.2, 0) is 11.2 Å². The lowest BCUT2D eigenvalue weighted by atomic mass is 10.1. The fraction of sp³-hybridized carbons (Fsp3) is 0.438. The molecule has 1 aromatic heterocycles. The Labute approximate surface area is 140 Å². The van der Waals surface area contributed by atoms with E-state index < -0.39 is 0 Å². The summed E-state index contributed by atoms with van der Waals surface area (Å²) < 4.78 is 5.28. The molecular formula is C16H19ClN4O2. The molecule has 0 unspecified atom stereocenters. The molecule has 2 aromatic rings. The van der Waals surface area contributed by atoms with Gasteiger partial charge in [-0.05, 0) is 25.6 Å². The molecule has 0 N–H and O–H groups in total. The van der Waals surface area contributed by atoms with E-state index >= 15 is 0 Å². The molecule has 7 heteroatoms. The number of hydrogen-bond acceptors (Lipinski definition) is 5. The summed E-state index contributed by atoms with van der Waals surface area (Å²) in [5.41, 5.74) is 0.850. The van der Waals surface area contributed by atoms with E-state index in [4.69, 9.17) is 16.1 Å². The molecule has 1 atom stereocenters. The Hall–Kier alpha value is -1.92. The van der Waals surface area contributed by atoms with Gasteiger partial charge in [-0.15, -0.1) is 0 Å². The number of likely N-dealkylation sites (N-methyl/N-ethyl adjacent to an activating group) is 1. The number of carbonyl (C=O) groups is 1. The Kier molecular flexibility index (Phi) is 4.63. The first-order valence-corrected chi connectivity index (χ1v) is 7.94. The van der Waals surface area contributed by atoms with Crippen LogP contribution in [0.2, 0.25) is 5.02 Å². The van der Waals surface area contributed by atoms with Gasteiger partial charge in [-0.1, -0.05) is 35.0 Å². The highest BCUT2D eigenvalue weighted by Crippen LogP contribution is 2.24. The van der Waals surface area contributed by atoms with Crippen molar-refractivity contribution in [2.45, 2.75) is 19.4 Å². The van der Waals surface area contributed by atoms with Crippen molar-refractivity contribution in [2.75, 3.05) is 26.7 Å². The standard InChI is InChI=1S/C16H19ClN4O2/c1-11-18-16(23-19-11)14-10-21(8-7-20(14)2)15(22)9-12-5-3-4-6-13(12)17/h3-6,14H,7-10H2,1-2H3/t14-/m0/s1. The van der Waals surface area contributed by atoms with Crippen molar-refractivity contribution < 1.29 is 9.32 Å². The molecule has 1 fully saturated rings. The lowest BCUT2D eigenvalue weighted by molar-refractivity contribution is -0.133. The summed E-state index contributed by atoms with van der Waals surface area (Å²) in [5, 5.41) is 4.47. The second-order valence-corrected chi connectivity index (χ2v) is 6.19. The maximum absolute atomic E-state index is 12.6. The van der Waals surface area contributed by atoms with Crippen LogP contribution in [0.1, 0.15) is 23.3 Å². The molecule has 122 valence electrons. The molecule has 1 aliphatic rings. The maximum atomic E-state index is 12.6. The second kappa shape index (κ2) is 6.68. The molecule has 0 aliphatic carbocycles. The van der Waals surface area contributed by atoms with E-state index in [-0.39, 0.29) is 11.9 Å². The van der Waals surface area contributed by atoms with Crippen molar-refractivity contribution in [3.8, 4) is 0 Å². The molecule has 23 heavy (non-hydrogen) atoms. The molecule has 0 radical (unpaired) electrons. The molecule has 6 nitrogen and oxygen atoms in total. The van der Waals surface area contributed by atoms with Crippen LogP contribution >= 0.6 is 11.6 Å². The number of aryl methyl sites for hydroxylation is 1. The van der Waals surface area contributed by atoms with Crippen LogP contribution in [0.15, 0.2) is 28.8 Å². The van der Waals surface area contributed by atoms with Gasteiger partial charge in [0, 0.05) is 24.7 Å². The summed E-state index contributed by atoms with van der Waals surface area (Å²) in [6.45, 7) is 3.78. The largest absolute Gasteiger partial charge is 0.339 e. The summed E-state index contributed by atoms with van der Waals surface area (Å²) in [4.78, 5) is 20.9. The fourth-order valence-electron chi connectivity index (χ4n) is 2.73. The Balaban J connectivity index is 1.71. The molecular weight excluding hydrogens is 316 g/mol. The summed E-state index contributed by atoms with van der Waals surface area (Å²) in [6, 6.07) is 7.37. The van der Waals surface area contributed by atoms with E-state index in [1.807, 2.05) is 30.1 Å². The lowest BCUT2D eigenvalue weighted by Gasteiger charge is -2.37. The number of piperazine rings is 1. The molecule has 3 rings (SSSR count). The van der Waals surface area contributed by atoms with Gasteiger partial charge in [-0.3, -0.25) is 9.69 Å². The predicted molar refractivity (Wildman–Crippen MR) is 86.1 cm³/mol. The van der Waals surface area contributed by atoms with Crippen molar-refractivity contribution in [3.05, 3.63) is 46.6 Å². The van der Waals surface area contributed by atoms with Gasteiger partial charge in [-0.2, -0.15) is 4.98 Å². The highest BCUT2D eigenvalue weighted by Gasteiger charge is 2.32. The van der Waals surface area contributed by atoms with Gasteiger partial charge in [-0.25, -0.2) is 0 Å². The van der Waals surface area contributed by atoms with Gasteiger partial charge in [0.2, 0.25) is 11.8 Å². The molecule has 2 heterocycles. The number of amides is 1. The van der Waals surface area contributed by atoms with Crippen molar-refractivity contribution in [2.24, 2.45) is 0 Å². The minimum Gasteiger partial charge on any atom is -0.339 e. The quantitative estimate of drug-likeness (QED) is 0.860. The summed E-state index contributed by atoms with van der Waals surface area (Å²) in [7, 11) is 2.00. The van der Waals surface area contributed by atoms with Crippen LogP contribution in [0, 0.1) is 6.92 Å². The molecule has 1 saturated heterocycles. The van der Waals surface area contributed by atoms with Crippen LogP contribution in [-0.4, -0.2) is 52.5 Å². The molecule has 0 spiro atoms. The minimum absolute atomic E-state index is 0.0624. The third-order valence-electron chi connectivity index (χ3n) is 4.13. The Morgan fingerprint density at radius 2 is 2.17 bits per heavy atom. The molecule has 0 saturated carbocycles. The maximum Gasteiger partial charge on any atom is 0.245 e. The number of benzene rings is 1. The fourth-order valence-corrected chi connectivity index (χ4v) is 2.93. The van der Waals surface area contributed by atoms with Crippen LogP contribution in [0.5, 0.6) is 0 Å². The third-order valence-corrected chi connectivity index (χ3v) is 4.50. The van der Waals surface area contributed by atoms with E-state index in [0.29, 0.717) is 36.2 Å². The SMILES string of the molecule is Cc1noc([C@@H]2CN(C(=O)Cc3ccccc3Cl)CCN2C)n1. The Morgan fingerprint density at radius 3 is 2.87 bits per heavy atom. The number of aromatic nitrogens is 2. The first-order chi connectivity index (χ1) is 11.0. The van der Waals surface area contributed by atoms with Gasteiger partial charge >= 0.3 is 0 Å². The summed E-state index contributed by atoms with van der Waals surface area (Å²) >= 11 is 6.15. The zero-order valence-corrected chi connectivity index (χ0v) is 14.0. The van der Waals surface area contributed by atoms with Gasteiger partial charge in [0.05, 0.1) is 6.42 Å². The first-order valence-electron chi connectivity index (χ1n) is 7.56. The number of nitrogens with zero attached hydrogens (tertiary/aromatic N) is 4. The number of rotatable bonds is 3. The average molecular weight is 335 g/mol. The van der Waals surface area contributed by atoms with E-state index in [9.17, 15) is 4.79 Å². The lowest BCUT2D eigenvalue weighted by Crippen LogP contribution is -2.49. The van der Waals surface area contributed by atoms with E-state index in [1.165, 1.54) is 0 Å². The second-order valence-electron chi connectivity index (χ2n) is 5.78. The van der Waals surface area contributed by atoms with Crippen LogP contribution in [0.25, 0.3) is 0 Å². The molecule has 1 aliphatic heterocycles. The number of halogens is 1. The Morgan fingerprint density at radius 1 is 1.39 bits per heavy atom. The minimum atomic E-state index is -0.0693. The Bertz CT molecular complexity index is 703. The van der Waals surface area contributed by atoms with Gasteiger partial charge in [0.1, 0.15) is 6.04 Å². The topological polar surface area (TPSA) is 62.5 Å². The van der Waals surface area contributed by atoms with Gasteiger partial charge < -0.3 is 9.42 Å². The predicted octanol–water partition coefficient (Wildman–Crippen LogP) is 2.09. The van der Waals surface area contributed by atoms with E-state index in [0.717, 1.165) is 12.1 Å². The monoisotopic (exact) mass is 334 g/mol. The van der Waals surface area contributed by atoms with Crippen LogP contribution in [0.4, 0.5) is 0 Å². The summed E-state index contributed by atoms with van der Waals surface area (Å²) in [6.07, 6.45) is 0.305. The van der Waals surface area contributed by atoms with Gasteiger partial charge in [0.25, 0.3) is 0 Å². The van der Waals surface area contributed by atoms with E-state index in [1.54, 1.807) is 13.0 Å². The van der Waals surface area contributed by atoms with Crippen molar-refractivity contribution in [1.29, 1.82) is 0 Å². The van der Waals surface area contributed by atoms with Crippen LogP contribution in [0.3, 0.4) is 0 Å². The highest BCUT2D eigenvalue weighted by atomic mass is 35.5. The third kappa shape index (κ3) is 3.54. The normalized spacial score (nSPS) is 19.1. The number of carbonyl (C=O) groups excluding carboxylic acids is 1. The zero-order chi connectivity index (χ0) is 16.4. The molecule has 0 bridgehead atoms. The first kappa shape index (κ1) is 16.0. The van der Waals surface area contributed by atoms with Crippen molar-refractivity contribution in [3.63, 3.8) is 0 Å². The number of hydrogen-bond donors (Lipinski definition) is 0.